The molecule has 0 radical (unpaired) electrons. The summed E-state index contributed by atoms with van der Waals surface area (Å²) in [6.07, 6.45) is 0. The third-order valence-electron chi connectivity index (χ3n) is 3.23. The average molecular weight is 269 g/mol. The van der Waals surface area contributed by atoms with E-state index in [2.05, 4.69) is 0 Å². The van der Waals surface area contributed by atoms with E-state index in [4.69, 9.17) is 15.2 Å². The zero-order valence-corrected chi connectivity index (χ0v) is 11.0. The maximum atomic E-state index is 12.5. The molecule has 2 N–H and O–H groups in total. The SMILES string of the molecule is NCc1cccc(C(=O)c2ccc3c(c2)OCCO3)c1. The van der Waals surface area contributed by atoms with Crippen LogP contribution in [0, 0.1) is 0 Å². The van der Waals surface area contributed by atoms with Gasteiger partial charge in [-0.3, -0.25) is 4.79 Å². The van der Waals surface area contributed by atoms with Crippen molar-refractivity contribution in [3.8, 4) is 11.5 Å². The second-order valence-corrected chi connectivity index (χ2v) is 4.59. The van der Waals surface area contributed by atoms with Gasteiger partial charge < -0.3 is 15.2 Å². The van der Waals surface area contributed by atoms with Crippen LogP contribution in [0.3, 0.4) is 0 Å². The molecular weight excluding hydrogens is 254 g/mol. The molecule has 1 aliphatic heterocycles. The summed E-state index contributed by atoms with van der Waals surface area (Å²) >= 11 is 0. The summed E-state index contributed by atoms with van der Waals surface area (Å²) in [6, 6.07) is 12.6. The van der Waals surface area contributed by atoms with E-state index in [1.807, 2.05) is 18.2 Å². The zero-order valence-electron chi connectivity index (χ0n) is 11.0. The van der Waals surface area contributed by atoms with Crippen LogP contribution in [0.4, 0.5) is 0 Å². The van der Waals surface area contributed by atoms with Gasteiger partial charge in [-0.2, -0.15) is 0 Å². The lowest BCUT2D eigenvalue weighted by atomic mass is 10.0. The van der Waals surface area contributed by atoms with Crippen molar-refractivity contribution in [2.45, 2.75) is 6.54 Å². The Morgan fingerprint density at radius 2 is 1.75 bits per heavy atom. The molecule has 0 saturated carbocycles. The quantitative estimate of drug-likeness (QED) is 0.867. The van der Waals surface area contributed by atoms with Crippen molar-refractivity contribution in [3.05, 3.63) is 59.2 Å². The molecule has 1 heterocycles. The number of ketones is 1. The molecule has 102 valence electrons. The van der Waals surface area contributed by atoms with Crippen LogP contribution in [0.2, 0.25) is 0 Å². The first-order valence-electron chi connectivity index (χ1n) is 6.51. The fraction of sp³-hybridized carbons (Fsp3) is 0.188. The number of carbonyl (C=O) groups is 1. The first kappa shape index (κ1) is 12.7. The monoisotopic (exact) mass is 269 g/mol. The molecule has 20 heavy (non-hydrogen) atoms. The summed E-state index contributed by atoms with van der Waals surface area (Å²) in [4.78, 5) is 12.5. The number of rotatable bonds is 3. The minimum atomic E-state index is -0.0442. The van der Waals surface area contributed by atoms with Gasteiger partial charge in [0.25, 0.3) is 0 Å². The molecule has 4 nitrogen and oxygen atoms in total. The molecule has 0 saturated heterocycles. The van der Waals surface area contributed by atoms with Crippen molar-refractivity contribution in [3.63, 3.8) is 0 Å². The van der Waals surface area contributed by atoms with Gasteiger partial charge in [-0.05, 0) is 29.8 Å². The highest BCUT2D eigenvalue weighted by Gasteiger charge is 2.16. The second-order valence-electron chi connectivity index (χ2n) is 4.59. The van der Waals surface area contributed by atoms with E-state index in [0.717, 1.165) is 5.56 Å². The van der Waals surface area contributed by atoms with Gasteiger partial charge in [0.05, 0.1) is 0 Å². The highest BCUT2D eigenvalue weighted by atomic mass is 16.6. The Morgan fingerprint density at radius 1 is 1.00 bits per heavy atom. The predicted octanol–water partition coefficient (Wildman–Crippen LogP) is 2.15. The Kier molecular flexibility index (Phi) is 3.39. The molecule has 0 amide bonds. The van der Waals surface area contributed by atoms with Gasteiger partial charge in [0, 0.05) is 17.7 Å². The number of hydrogen-bond acceptors (Lipinski definition) is 4. The lowest BCUT2D eigenvalue weighted by Crippen LogP contribution is -2.16. The maximum Gasteiger partial charge on any atom is 0.193 e. The first-order chi connectivity index (χ1) is 9.78. The van der Waals surface area contributed by atoms with Crippen molar-refractivity contribution in [2.75, 3.05) is 13.2 Å². The molecule has 2 aromatic carbocycles. The molecule has 3 rings (SSSR count). The van der Waals surface area contributed by atoms with Crippen molar-refractivity contribution in [1.29, 1.82) is 0 Å². The van der Waals surface area contributed by atoms with Gasteiger partial charge in [-0.15, -0.1) is 0 Å². The number of ether oxygens (including phenoxy) is 2. The molecule has 2 aromatic rings. The lowest BCUT2D eigenvalue weighted by Gasteiger charge is -2.18. The standard InChI is InChI=1S/C16H15NO3/c17-10-11-2-1-3-12(8-11)16(18)13-4-5-14-15(9-13)20-7-6-19-14/h1-5,8-9H,6-7,10,17H2. The largest absolute Gasteiger partial charge is 0.486 e. The normalized spacial score (nSPS) is 13.1. The first-order valence-corrected chi connectivity index (χ1v) is 6.51. The summed E-state index contributed by atoms with van der Waals surface area (Å²) in [6.45, 7) is 1.47. The van der Waals surface area contributed by atoms with E-state index in [1.165, 1.54) is 0 Å². The lowest BCUT2D eigenvalue weighted by molar-refractivity contribution is 0.103. The maximum absolute atomic E-state index is 12.5. The van der Waals surface area contributed by atoms with Crippen LogP contribution >= 0.6 is 0 Å². The van der Waals surface area contributed by atoms with E-state index < -0.39 is 0 Å². The molecule has 0 bridgehead atoms. The van der Waals surface area contributed by atoms with Gasteiger partial charge in [0.2, 0.25) is 0 Å². The number of carbonyl (C=O) groups excluding carboxylic acids is 1. The Morgan fingerprint density at radius 3 is 2.55 bits per heavy atom. The molecule has 0 aliphatic carbocycles. The summed E-state index contributed by atoms with van der Waals surface area (Å²) in [5.74, 6) is 1.26. The van der Waals surface area contributed by atoms with E-state index in [1.54, 1.807) is 24.3 Å². The summed E-state index contributed by atoms with van der Waals surface area (Å²) in [5, 5.41) is 0. The van der Waals surface area contributed by atoms with Crippen molar-refractivity contribution < 1.29 is 14.3 Å². The smallest absolute Gasteiger partial charge is 0.193 e. The Hall–Kier alpha value is -2.33. The van der Waals surface area contributed by atoms with Crippen LogP contribution in [-0.2, 0) is 6.54 Å². The van der Waals surface area contributed by atoms with Crippen LogP contribution in [0.15, 0.2) is 42.5 Å². The number of fused-ring (bicyclic) bond motifs is 1. The van der Waals surface area contributed by atoms with Crippen LogP contribution in [0.25, 0.3) is 0 Å². The second kappa shape index (κ2) is 5.35. The van der Waals surface area contributed by atoms with Gasteiger partial charge >= 0.3 is 0 Å². The summed E-state index contributed by atoms with van der Waals surface area (Å²) in [7, 11) is 0. The van der Waals surface area contributed by atoms with Crippen LogP contribution in [0.1, 0.15) is 21.5 Å². The van der Waals surface area contributed by atoms with Gasteiger partial charge in [0.15, 0.2) is 17.3 Å². The number of benzene rings is 2. The van der Waals surface area contributed by atoms with Crippen LogP contribution in [0.5, 0.6) is 11.5 Å². The van der Waals surface area contributed by atoms with Crippen LogP contribution < -0.4 is 15.2 Å². The number of hydrogen-bond donors (Lipinski definition) is 1. The molecule has 0 spiro atoms. The Balaban J connectivity index is 1.93. The van der Waals surface area contributed by atoms with E-state index in [-0.39, 0.29) is 5.78 Å². The van der Waals surface area contributed by atoms with Crippen molar-refractivity contribution in [1.82, 2.24) is 0 Å². The molecule has 1 aliphatic rings. The predicted molar refractivity (Wildman–Crippen MR) is 75.2 cm³/mol. The third-order valence-corrected chi connectivity index (χ3v) is 3.23. The minimum absolute atomic E-state index is 0.0442. The minimum Gasteiger partial charge on any atom is -0.486 e. The van der Waals surface area contributed by atoms with Crippen molar-refractivity contribution >= 4 is 5.78 Å². The summed E-state index contributed by atoms with van der Waals surface area (Å²) in [5.41, 5.74) is 7.75. The van der Waals surface area contributed by atoms with Crippen molar-refractivity contribution in [2.24, 2.45) is 5.73 Å². The Labute approximate surface area is 117 Å². The fourth-order valence-electron chi connectivity index (χ4n) is 2.19. The molecule has 0 fully saturated rings. The van der Waals surface area contributed by atoms with Gasteiger partial charge in [0.1, 0.15) is 13.2 Å². The highest BCUT2D eigenvalue weighted by Crippen LogP contribution is 2.31. The zero-order chi connectivity index (χ0) is 13.9. The van der Waals surface area contributed by atoms with Gasteiger partial charge in [-0.25, -0.2) is 0 Å². The van der Waals surface area contributed by atoms with Gasteiger partial charge in [-0.1, -0.05) is 18.2 Å². The highest BCUT2D eigenvalue weighted by molar-refractivity contribution is 6.09. The molecule has 4 heteroatoms. The van der Waals surface area contributed by atoms with Crippen LogP contribution in [-0.4, -0.2) is 19.0 Å². The summed E-state index contributed by atoms with van der Waals surface area (Å²) < 4.78 is 10.9. The number of nitrogens with two attached hydrogens (primary N) is 1. The molecule has 0 aromatic heterocycles. The third kappa shape index (κ3) is 2.38. The topological polar surface area (TPSA) is 61.6 Å². The molecule has 0 unspecified atom stereocenters. The molecule has 0 atom stereocenters. The van der Waals surface area contributed by atoms with E-state index in [9.17, 15) is 4.79 Å². The average Bonchev–Trinajstić information content (AvgIpc) is 2.53. The molecular formula is C16H15NO3. The van der Waals surface area contributed by atoms with E-state index >= 15 is 0 Å². The Bertz CT molecular complexity index is 652. The fourth-order valence-corrected chi connectivity index (χ4v) is 2.19. The van der Waals surface area contributed by atoms with E-state index in [0.29, 0.717) is 42.4 Å².